The quantitative estimate of drug-likeness (QED) is 0.238. The average Bonchev–Trinajstić information content (AvgIpc) is 3.75. The van der Waals surface area contributed by atoms with Crippen molar-refractivity contribution in [1.29, 1.82) is 0 Å². The summed E-state index contributed by atoms with van der Waals surface area (Å²) in [5.74, 6) is -1.92. The summed E-state index contributed by atoms with van der Waals surface area (Å²) in [5, 5.41) is 7.39. The molecule has 17 heteroatoms. The molecule has 52 heavy (non-hydrogen) atoms. The lowest BCUT2D eigenvalue weighted by Gasteiger charge is -2.35. The summed E-state index contributed by atoms with van der Waals surface area (Å²) in [7, 11) is -4.42. The van der Waals surface area contributed by atoms with E-state index in [1.54, 1.807) is 26.8 Å². The summed E-state index contributed by atoms with van der Waals surface area (Å²) >= 11 is 1.42. The second kappa shape index (κ2) is 14.8. The number of likely N-dealkylation sites (tertiary alicyclic amines) is 1. The molecular weight excluding hydrogens is 715 g/mol. The molecule has 4 fully saturated rings. The summed E-state index contributed by atoms with van der Waals surface area (Å²) in [5.41, 5.74) is -1.75. The summed E-state index contributed by atoms with van der Waals surface area (Å²) in [6, 6.07) is 1.26. The molecule has 3 aliphatic carbocycles. The third kappa shape index (κ3) is 8.46. The molecule has 0 spiro atoms. The first-order chi connectivity index (χ1) is 24.6. The highest BCUT2D eigenvalue weighted by molar-refractivity contribution is 7.85. The molecule has 0 aromatic carbocycles. The van der Waals surface area contributed by atoms with Crippen LogP contribution in [0.3, 0.4) is 0 Å². The smallest absolute Gasteiger partial charge is 0.408 e. The van der Waals surface area contributed by atoms with Crippen LogP contribution >= 0.6 is 11.3 Å². The van der Waals surface area contributed by atoms with E-state index in [1.165, 1.54) is 22.3 Å². The van der Waals surface area contributed by atoms with Crippen molar-refractivity contribution >= 4 is 55.7 Å². The van der Waals surface area contributed by atoms with Crippen molar-refractivity contribution in [3.63, 3.8) is 0 Å². The van der Waals surface area contributed by atoms with Crippen molar-refractivity contribution in [3.05, 3.63) is 30.2 Å². The Hall–Kier alpha value is -3.96. The van der Waals surface area contributed by atoms with E-state index in [1.807, 2.05) is 23.1 Å². The maximum Gasteiger partial charge on any atom is 0.408 e. The second-order valence-corrected chi connectivity index (χ2v) is 17.2. The summed E-state index contributed by atoms with van der Waals surface area (Å²) in [4.78, 5) is 61.2. The van der Waals surface area contributed by atoms with E-state index in [0.717, 1.165) is 30.4 Å². The molecule has 3 saturated carbocycles. The maximum atomic E-state index is 14.5. The molecule has 15 nitrogen and oxygen atoms in total. The van der Waals surface area contributed by atoms with Crippen LogP contribution in [-0.2, 0) is 33.6 Å². The highest BCUT2D eigenvalue weighted by Gasteiger charge is 2.62. The van der Waals surface area contributed by atoms with Gasteiger partial charge in [-0.2, -0.15) is 8.42 Å². The minimum atomic E-state index is -4.42. The third-order valence-corrected chi connectivity index (χ3v) is 11.7. The number of pyridine rings is 1. The van der Waals surface area contributed by atoms with Gasteiger partial charge in [-0.05, 0) is 68.7 Å². The molecule has 4 aliphatic rings. The molecule has 284 valence electrons. The fourth-order valence-corrected chi connectivity index (χ4v) is 8.60. The first kappa shape index (κ1) is 37.8. The molecule has 1 aliphatic heterocycles. The zero-order chi connectivity index (χ0) is 37.4. The lowest BCUT2D eigenvalue weighted by molar-refractivity contribution is -0.143. The van der Waals surface area contributed by atoms with Gasteiger partial charge in [-0.3, -0.25) is 18.6 Å². The number of aromatic nitrogens is 1. The minimum absolute atomic E-state index is 0.0274. The predicted molar refractivity (Wildman–Crippen MR) is 191 cm³/mol. The van der Waals surface area contributed by atoms with E-state index in [9.17, 15) is 27.6 Å². The number of ether oxygens (including phenoxy) is 3. The molecule has 3 heterocycles. The van der Waals surface area contributed by atoms with Gasteiger partial charge in [0.1, 0.15) is 35.6 Å². The van der Waals surface area contributed by atoms with Crippen LogP contribution in [0.2, 0.25) is 0 Å². The summed E-state index contributed by atoms with van der Waals surface area (Å²) in [6.45, 7) is 11.3. The number of nitrogens with one attached hydrogen (secondary N) is 3. The van der Waals surface area contributed by atoms with Gasteiger partial charge in [-0.15, -0.1) is 17.9 Å². The molecule has 0 radical (unpaired) electrons. The van der Waals surface area contributed by atoms with Crippen LogP contribution in [-0.4, -0.2) is 91.2 Å². The van der Waals surface area contributed by atoms with Gasteiger partial charge in [0.2, 0.25) is 17.7 Å². The van der Waals surface area contributed by atoms with Crippen molar-refractivity contribution in [2.75, 3.05) is 13.2 Å². The maximum absolute atomic E-state index is 14.5. The van der Waals surface area contributed by atoms with E-state index in [2.05, 4.69) is 22.2 Å². The Labute approximate surface area is 307 Å². The number of alkyl carbamates (subject to hydrolysis) is 1. The lowest BCUT2D eigenvalue weighted by atomic mass is 9.85. The molecule has 6 rings (SSSR count). The Morgan fingerprint density at radius 3 is 2.50 bits per heavy atom. The molecule has 4 amide bonds. The van der Waals surface area contributed by atoms with Crippen molar-refractivity contribution in [3.8, 4) is 11.6 Å². The van der Waals surface area contributed by atoms with Crippen molar-refractivity contribution in [2.45, 2.75) is 115 Å². The fraction of sp³-hybridized carbons (Fsp3) is 0.629. The molecule has 0 unspecified atom stereocenters. The standard InChI is InChI=1S/C35H47N5O10S2/c1-6-20-18-35(20,32(43)39-52(45,46)50-22-12-13-22)38-30(41)25-16-23(48-26-17-27(47-7-2)36-24-14-15-51-28(24)26)19-40(25)31(42)29(34(3,4)5)37-33(44)49-21-10-8-9-11-21/h6,14-15,17,20-23,25,29H,1,7-13,16,18-19H2,2-5H3,(H,37,44)(H,38,41)(H,39,43)/t20-,23-,25+,29-,35-/m1/s1. The summed E-state index contributed by atoms with van der Waals surface area (Å²) < 4.78 is 50.6. The van der Waals surface area contributed by atoms with E-state index in [4.69, 9.17) is 18.4 Å². The Morgan fingerprint density at radius 1 is 1.13 bits per heavy atom. The van der Waals surface area contributed by atoms with Crippen LogP contribution in [0.4, 0.5) is 4.79 Å². The van der Waals surface area contributed by atoms with E-state index in [0.29, 0.717) is 36.6 Å². The molecule has 0 bridgehead atoms. The SMILES string of the molecule is C=C[C@@H]1C[C@]1(NC(=O)[C@@H]1C[C@@H](Oc2cc(OCC)nc3ccsc23)CN1C(=O)[C@@H](NC(=O)OC1CCCC1)C(C)(C)C)C(=O)NS(=O)(=O)OC1CC1. The van der Waals surface area contributed by atoms with Crippen molar-refractivity contribution < 1.29 is 46.0 Å². The number of carbonyl (C=O) groups is 4. The lowest BCUT2D eigenvalue weighted by Crippen LogP contribution is -2.60. The number of thiophene rings is 1. The highest BCUT2D eigenvalue weighted by atomic mass is 32.2. The highest BCUT2D eigenvalue weighted by Crippen LogP contribution is 2.45. The van der Waals surface area contributed by atoms with Crippen LogP contribution < -0.4 is 24.8 Å². The molecule has 1 saturated heterocycles. The van der Waals surface area contributed by atoms with E-state index in [-0.39, 0.29) is 25.5 Å². The van der Waals surface area contributed by atoms with Gasteiger partial charge in [0.05, 0.1) is 29.5 Å². The molecular formula is C35H47N5O10S2. The Morgan fingerprint density at radius 2 is 1.87 bits per heavy atom. The number of rotatable bonds is 14. The van der Waals surface area contributed by atoms with Gasteiger partial charge >= 0.3 is 16.4 Å². The normalized spacial score (nSPS) is 25.3. The zero-order valence-corrected chi connectivity index (χ0v) is 31.5. The van der Waals surface area contributed by atoms with Crippen LogP contribution in [0, 0.1) is 11.3 Å². The van der Waals surface area contributed by atoms with Gasteiger partial charge in [0, 0.05) is 18.4 Å². The Balaban J connectivity index is 1.27. The van der Waals surface area contributed by atoms with Gasteiger partial charge in [0.15, 0.2) is 0 Å². The van der Waals surface area contributed by atoms with E-state index >= 15 is 0 Å². The monoisotopic (exact) mass is 761 g/mol. The van der Waals surface area contributed by atoms with Crippen LogP contribution in [0.15, 0.2) is 30.2 Å². The van der Waals surface area contributed by atoms with Gasteiger partial charge in [-0.25, -0.2) is 14.5 Å². The number of amides is 4. The van der Waals surface area contributed by atoms with Crippen LogP contribution in [0.1, 0.15) is 79.1 Å². The van der Waals surface area contributed by atoms with Gasteiger partial charge < -0.3 is 29.7 Å². The second-order valence-electron chi connectivity index (χ2n) is 15.0. The minimum Gasteiger partial charge on any atom is -0.487 e. The predicted octanol–water partition coefficient (Wildman–Crippen LogP) is 3.73. The topological polar surface area (TPSA) is 192 Å². The zero-order valence-electron chi connectivity index (χ0n) is 29.8. The molecule has 5 atom stereocenters. The number of nitrogens with zero attached hydrogens (tertiary/aromatic N) is 2. The third-order valence-electron chi connectivity index (χ3n) is 9.79. The number of hydrogen-bond donors (Lipinski definition) is 3. The number of carbonyl (C=O) groups excluding carboxylic acids is 4. The van der Waals surface area contributed by atoms with Crippen molar-refractivity contribution in [2.24, 2.45) is 11.3 Å². The first-order valence-corrected chi connectivity index (χ1v) is 20.1. The number of fused-ring (bicyclic) bond motifs is 1. The summed E-state index contributed by atoms with van der Waals surface area (Å²) in [6.07, 6.45) is 4.01. The Kier molecular flexibility index (Phi) is 10.8. The van der Waals surface area contributed by atoms with Crippen LogP contribution in [0.25, 0.3) is 10.2 Å². The Bertz CT molecular complexity index is 1820. The first-order valence-electron chi connectivity index (χ1n) is 17.8. The van der Waals surface area contributed by atoms with Gasteiger partial charge in [0.25, 0.3) is 5.91 Å². The fourth-order valence-electron chi connectivity index (χ4n) is 6.80. The average molecular weight is 762 g/mol. The molecule has 2 aromatic rings. The van der Waals surface area contributed by atoms with Crippen LogP contribution in [0.5, 0.6) is 11.6 Å². The van der Waals surface area contributed by atoms with Crippen molar-refractivity contribution in [1.82, 2.24) is 25.2 Å². The molecule has 3 N–H and O–H groups in total. The molecule has 2 aromatic heterocycles. The van der Waals surface area contributed by atoms with E-state index < -0.39 is 75.3 Å². The van der Waals surface area contributed by atoms with Gasteiger partial charge in [-0.1, -0.05) is 26.8 Å². The number of hydrogen-bond acceptors (Lipinski definition) is 12. The largest absolute Gasteiger partial charge is 0.487 e.